The summed E-state index contributed by atoms with van der Waals surface area (Å²) in [6, 6.07) is 0.358. The van der Waals surface area contributed by atoms with Crippen LogP contribution in [-0.4, -0.2) is 36.1 Å². The number of urea groups is 1. The van der Waals surface area contributed by atoms with Crippen LogP contribution >= 0.6 is 0 Å². The molecule has 0 saturated carbocycles. The van der Waals surface area contributed by atoms with Crippen LogP contribution < -0.4 is 11.1 Å². The lowest BCUT2D eigenvalue weighted by Gasteiger charge is -2.08. The highest BCUT2D eigenvalue weighted by atomic mass is 28.3. The molecule has 0 heterocycles. The lowest BCUT2D eigenvalue weighted by molar-refractivity contribution is 0.248. The molecule has 71 valence electrons. The Labute approximate surface area is 74.1 Å². The second-order valence-corrected chi connectivity index (χ2v) is 4.24. The number of hydrogen-bond acceptors (Lipinski definition) is 3. The van der Waals surface area contributed by atoms with E-state index in [0.29, 0.717) is 6.54 Å². The van der Waals surface area contributed by atoms with Gasteiger partial charge in [-0.3, -0.25) is 0 Å². The third-order valence-electron chi connectivity index (χ3n) is 1.31. The molecule has 1 radical (unpaired) electrons. The van der Waals surface area contributed by atoms with Crippen molar-refractivity contribution in [2.24, 2.45) is 5.73 Å². The summed E-state index contributed by atoms with van der Waals surface area (Å²) in [7, 11) is 2.14. The molecule has 12 heavy (non-hydrogen) atoms. The van der Waals surface area contributed by atoms with E-state index in [1.54, 1.807) is 14.2 Å². The first kappa shape index (κ1) is 11.4. The molecule has 3 N–H and O–H groups in total. The third-order valence-corrected chi connectivity index (χ3v) is 2.98. The zero-order valence-electron chi connectivity index (χ0n) is 7.42. The highest BCUT2D eigenvalue weighted by Crippen LogP contribution is 1.97. The van der Waals surface area contributed by atoms with Crippen molar-refractivity contribution in [1.29, 1.82) is 0 Å². The molecule has 0 aromatic heterocycles. The fourth-order valence-electron chi connectivity index (χ4n) is 0.732. The normalized spacial score (nSPS) is 10.2. The number of carbonyl (C=O) groups excluding carboxylic acids is 1. The minimum absolute atomic E-state index is 0.487. The topological polar surface area (TPSA) is 73.6 Å². The SMILES string of the molecule is CO[Si](CCCNC(N)=O)OC. The maximum absolute atomic E-state index is 10.2. The fourth-order valence-corrected chi connectivity index (χ4v) is 1.77. The van der Waals surface area contributed by atoms with Gasteiger partial charge in [0.2, 0.25) is 0 Å². The van der Waals surface area contributed by atoms with Gasteiger partial charge in [-0.2, -0.15) is 0 Å². The lowest BCUT2D eigenvalue weighted by atomic mass is 10.5. The Morgan fingerprint density at radius 1 is 1.50 bits per heavy atom. The van der Waals surface area contributed by atoms with E-state index in [1.165, 1.54) is 0 Å². The lowest BCUT2D eigenvalue weighted by Crippen LogP contribution is -2.31. The molecule has 0 fully saturated rings. The molecule has 2 amide bonds. The molecule has 0 unspecified atom stereocenters. The Balaban J connectivity index is 3.23. The van der Waals surface area contributed by atoms with Crippen LogP contribution in [0.1, 0.15) is 6.42 Å². The van der Waals surface area contributed by atoms with Gasteiger partial charge in [-0.15, -0.1) is 0 Å². The van der Waals surface area contributed by atoms with Gasteiger partial charge in [0.05, 0.1) is 0 Å². The average Bonchev–Trinajstić information content (AvgIpc) is 2.04. The second-order valence-electron chi connectivity index (χ2n) is 2.17. The number of nitrogens with two attached hydrogens (primary N) is 1. The minimum Gasteiger partial charge on any atom is -0.397 e. The van der Waals surface area contributed by atoms with Crippen LogP contribution in [0, 0.1) is 0 Å². The Bertz CT molecular complexity index is 130. The van der Waals surface area contributed by atoms with Crippen molar-refractivity contribution in [3.8, 4) is 0 Å². The monoisotopic (exact) mass is 191 g/mol. The molecular formula is C6H15N2O3Si. The molecular weight excluding hydrogens is 176 g/mol. The Hall–Kier alpha value is -0.593. The number of carbonyl (C=O) groups is 1. The zero-order valence-corrected chi connectivity index (χ0v) is 8.42. The summed E-state index contributed by atoms with van der Waals surface area (Å²) in [5, 5.41) is 2.49. The van der Waals surface area contributed by atoms with Gasteiger partial charge in [-0.05, 0) is 12.5 Å². The van der Waals surface area contributed by atoms with E-state index in [-0.39, 0.29) is 0 Å². The molecule has 0 aromatic rings. The van der Waals surface area contributed by atoms with Gasteiger partial charge >= 0.3 is 15.3 Å². The Morgan fingerprint density at radius 2 is 2.08 bits per heavy atom. The number of hydrogen-bond donors (Lipinski definition) is 2. The predicted molar refractivity (Wildman–Crippen MR) is 46.8 cm³/mol. The van der Waals surface area contributed by atoms with Crippen molar-refractivity contribution < 1.29 is 13.6 Å². The summed E-state index contributed by atoms with van der Waals surface area (Å²) < 4.78 is 10.1. The quantitative estimate of drug-likeness (QED) is 0.452. The van der Waals surface area contributed by atoms with Crippen molar-refractivity contribution in [2.45, 2.75) is 12.5 Å². The molecule has 0 aliphatic heterocycles. The van der Waals surface area contributed by atoms with E-state index in [0.717, 1.165) is 12.5 Å². The van der Waals surface area contributed by atoms with Crippen LogP contribution in [0.3, 0.4) is 0 Å². The molecule has 0 aliphatic rings. The highest BCUT2D eigenvalue weighted by molar-refractivity contribution is 6.44. The fraction of sp³-hybridized carbons (Fsp3) is 0.833. The first-order valence-corrected chi connectivity index (χ1v) is 5.20. The van der Waals surface area contributed by atoms with Gasteiger partial charge in [0.1, 0.15) is 0 Å². The molecule has 5 nitrogen and oxygen atoms in total. The largest absolute Gasteiger partial charge is 0.397 e. The summed E-state index contributed by atoms with van der Waals surface area (Å²) >= 11 is 0. The van der Waals surface area contributed by atoms with Crippen LogP contribution in [0.5, 0.6) is 0 Å². The first-order chi connectivity index (χ1) is 5.70. The van der Waals surface area contributed by atoms with Crippen LogP contribution in [0.4, 0.5) is 4.79 Å². The summed E-state index contributed by atoms with van der Waals surface area (Å²) in [6.07, 6.45) is 0.832. The Kier molecular flexibility index (Phi) is 6.73. The molecule has 0 aliphatic carbocycles. The second kappa shape index (κ2) is 7.08. The smallest absolute Gasteiger partial charge is 0.384 e. The van der Waals surface area contributed by atoms with E-state index in [1.807, 2.05) is 0 Å². The van der Waals surface area contributed by atoms with Gasteiger partial charge in [0.15, 0.2) is 0 Å². The summed E-state index contributed by atoms with van der Waals surface area (Å²) in [4.78, 5) is 10.2. The summed E-state index contributed by atoms with van der Waals surface area (Å²) in [5.41, 5.74) is 4.87. The van der Waals surface area contributed by atoms with E-state index >= 15 is 0 Å². The maximum atomic E-state index is 10.2. The molecule has 0 atom stereocenters. The zero-order chi connectivity index (χ0) is 9.40. The van der Waals surface area contributed by atoms with Crippen LogP contribution in [0.15, 0.2) is 0 Å². The first-order valence-electron chi connectivity index (χ1n) is 3.67. The van der Waals surface area contributed by atoms with Crippen molar-refractivity contribution in [1.82, 2.24) is 5.32 Å². The number of primary amides is 1. The summed E-state index contributed by atoms with van der Waals surface area (Å²) in [5.74, 6) is 0. The van der Waals surface area contributed by atoms with E-state index < -0.39 is 15.3 Å². The van der Waals surface area contributed by atoms with Crippen LogP contribution in [0.2, 0.25) is 6.04 Å². The molecule has 0 bridgehead atoms. The standard InChI is InChI=1S/C6H15N2O3Si/c1-10-12(11-2)5-3-4-8-6(7)9/h3-5H2,1-2H3,(H3,7,8,9). The van der Waals surface area contributed by atoms with Gasteiger partial charge in [0.25, 0.3) is 0 Å². The van der Waals surface area contributed by atoms with E-state index in [2.05, 4.69) is 5.32 Å². The van der Waals surface area contributed by atoms with Crippen molar-refractivity contribution in [3.05, 3.63) is 0 Å². The predicted octanol–water partition coefficient (Wildman–Crippen LogP) is -0.174. The number of amides is 2. The van der Waals surface area contributed by atoms with Crippen molar-refractivity contribution >= 4 is 15.3 Å². The molecule has 0 saturated heterocycles. The van der Waals surface area contributed by atoms with E-state index in [4.69, 9.17) is 14.6 Å². The number of rotatable bonds is 6. The van der Waals surface area contributed by atoms with Gasteiger partial charge in [-0.1, -0.05) is 0 Å². The third kappa shape index (κ3) is 6.14. The van der Waals surface area contributed by atoms with Gasteiger partial charge in [-0.25, -0.2) is 4.79 Å². The molecule has 0 aromatic carbocycles. The van der Waals surface area contributed by atoms with Crippen molar-refractivity contribution in [3.63, 3.8) is 0 Å². The number of nitrogens with one attached hydrogen (secondary N) is 1. The minimum atomic E-state index is -1.11. The molecule has 0 rings (SSSR count). The average molecular weight is 191 g/mol. The molecule has 6 heteroatoms. The van der Waals surface area contributed by atoms with Gasteiger partial charge < -0.3 is 19.9 Å². The molecule has 0 spiro atoms. The van der Waals surface area contributed by atoms with Gasteiger partial charge in [0, 0.05) is 20.8 Å². The van der Waals surface area contributed by atoms with Crippen LogP contribution in [-0.2, 0) is 8.85 Å². The van der Waals surface area contributed by atoms with Crippen LogP contribution in [0.25, 0.3) is 0 Å². The van der Waals surface area contributed by atoms with E-state index in [9.17, 15) is 4.79 Å². The maximum Gasteiger partial charge on any atom is 0.384 e. The Morgan fingerprint density at radius 3 is 2.50 bits per heavy atom. The summed E-state index contributed by atoms with van der Waals surface area (Å²) in [6.45, 7) is 0.580. The van der Waals surface area contributed by atoms with Crippen molar-refractivity contribution in [2.75, 3.05) is 20.8 Å². The highest BCUT2D eigenvalue weighted by Gasteiger charge is 2.10.